The number of anilines is 1. The molecule has 78 valence electrons. The highest BCUT2D eigenvalue weighted by Crippen LogP contribution is 2.24. The molecule has 1 aromatic heterocycles. The summed E-state index contributed by atoms with van der Waals surface area (Å²) in [4.78, 5) is 16.4. The highest BCUT2D eigenvalue weighted by Gasteiger charge is 2.14. The molecule has 1 aromatic carbocycles. The van der Waals surface area contributed by atoms with Crippen molar-refractivity contribution in [2.24, 2.45) is 0 Å². The largest absolute Gasteiger partial charge is 0.398 e. The van der Waals surface area contributed by atoms with Crippen molar-refractivity contribution in [1.82, 2.24) is 9.88 Å². The van der Waals surface area contributed by atoms with Crippen LogP contribution in [0.25, 0.3) is 10.9 Å². The molecule has 2 rings (SSSR count). The fourth-order valence-corrected chi connectivity index (χ4v) is 1.62. The number of rotatable bonds is 1. The van der Waals surface area contributed by atoms with Gasteiger partial charge < -0.3 is 15.6 Å². The Kier molecular flexibility index (Phi) is 2.11. The summed E-state index contributed by atoms with van der Waals surface area (Å²) in [6.45, 7) is 0. The fourth-order valence-electron chi connectivity index (χ4n) is 1.62. The lowest BCUT2D eigenvalue weighted by molar-refractivity contribution is 0.0829. The molecule has 0 spiro atoms. The summed E-state index contributed by atoms with van der Waals surface area (Å²) < 4.78 is 0. The second-order valence-corrected chi connectivity index (χ2v) is 3.67. The van der Waals surface area contributed by atoms with Crippen molar-refractivity contribution in [3.8, 4) is 0 Å². The maximum Gasteiger partial charge on any atom is 0.255 e. The maximum absolute atomic E-state index is 11.8. The number of nitrogens with two attached hydrogens (primary N) is 1. The van der Waals surface area contributed by atoms with Crippen LogP contribution in [-0.4, -0.2) is 29.9 Å². The normalized spacial score (nSPS) is 10.5. The Morgan fingerprint density at radius 1 is 1.40 bits per heavy atom. The summed E-state index contributed by atoms with van der Waals surface area (Å²) >= 11 is 0. The molecule has 0 aliphatic rings. The first-order valence-corrected chi connectivity index (χ1v) is 4.68. The zero-order chi connectivity index (χ0) is 11.0. The Labute approximate surface area is 87.7 Å². The van der Waals surface area contributed by atoms with E-state index in [2.05, 4.69) is 4.98 Å². The van der Waals surface area contributed by atoms with Crippen molar-refractivity contribution in [3.05, 3.63) is 30.0 Å². The third kappa shape index (κ3) is 1.44. The third-order valence-corrected chi connectivity index (χ3v) is 2.37. The Morgan fingerprint density at radius 2 is 2.13 bits per heavy atom. The maximum atomic E-state index is 11.8. The van der Waals surface area contributed by atoms with Gasteiger partial charge in [-0.1, -0.05) is 6.07 Å². The Hall–Kier alpha value is -1.97. The van der Waals surface area contributed by atoms with E-state index >= 15 is 0 Å². The van der Waals surface area contributed by atoms with Crippen LogP contribution >= 0.6 is 0 Å². The summed E-state index contributed by atoms with van der Waals surface area (Å²) in [7, 11) is 3.45. The van der Waals surface area contributed by atoms with Crippen LogP contribution in [0.2, 0.25) is 0 Å². The van der Waals surface area contributed by atoms with Crippen LogP contribution in [0.1, 0.15) is 10.4 Å². The average Bonchev–Trinajstić information content (AvgIpc) is 2.61. The first-order chi connectivity index (χ1) is 7.11. The van der Waals surface area contributed by atoms with Gasteiger partial charge in [-0.25, -0.2) is 0 Å². The smallest absolute Gasteiger partial charge is 0.255 e. The van der Waals surface area contributed by atoms with Crippen LogP contribution < -0.4 is 5.73 Å². The van der Waals surface area contributed by atoms with E-state index in [1.807, 2.05) is 12.1 Å². The molecule has 0 fully saturated rings. The number of nitrogen functional groups attached to an aromatic ring is 1. The molecule has 0 radical (unpaired) electrons. The molecule has 15 heavy (non-hydrogen) atoms. The number of hydrogen-bond acceptors (Lipinski definition) is 2. The Bertz CT molecular complexity index is 514. The zero-order valence-electron chi connectivity index (χ0n) is 8.74. The summed E-state index contributed by atoms with van der Waals surface area (Å²) in [6.07, 6.45) is 1.70. The van der Waals surface area contributed by atoms with Gasteiger partial charge in [0.05, 0.1) is 5.56 Å². The Balaban J connectivity index is 2.67. The number of nitrogens with one attached hydrogen (secondary N) is 1. The van der Waals surface area contributed by atoms with E-state index < -0.39 is 0 Å². The first-order valence-electron chi connectivity index (χ1n) is 4.68. The molecule has 0 unspecified atom stereocenters. The van der Waals surface area contributed by atoms with Gasteiger partial charge in [-0.3, -0.25) is 4.79 Å². The topological polar surface area (TPSA) is 62.1 Å². The lowest BCUT2D eigenvalue weighted by atomic mass is 10.1. The summed E-state index contributed by atoms with van der Waals surface area (Å²) in [5.74, 6) is -0.0425. The van der Waals surface area contributed by atoms with E-state index in [9.17, 15) is 4.79 Å². The Morgan fingerprint density at radius 3 is 2.80 bits per heavy atom. The lowest BCUT2D eigenvalue weighted by Gasteiger charge is -2.09. The second-order valence-electron chi connectivity index (χ2n) is 3.67. The van der Waals surface area contributed by atoms with Gasteiger partial charge in [0.1, 0.15) is 0 Å². The van der Waals surface area contributed by atoms with Crippen LogP contribution in [0, 0.1) is 0 Å². The highest BCUT2D eigenvalue weighted by atomic mass is 16.2. The van der Waals surface area contributed by atoms with E-state index in [4.69, 9.17) is 5.73 Å². The van der Waals surface area contributed by atoms with Crippen molar-refractivity contribution in [2.75, 3.05) is 19.8 Å². The molecule has 0 aliphatic carbocycles. The SMILES string of the molecule is CN(C)C(=O)c1c[nH]c2cccc(N)c12. The molecule has 3 N–H and O–H groups in total. The molecule has 2 aromatic rings. The molecule has 1 heterocycles. The van der Waals surface area contributed by atoms with Gasteiger partial charge in [0.25, 0.3) is 5.91 Å². The van der Waals surface area contributed by atoms with E-state index in [1.54, 1.807) is 26.4 Å². The molecular formula is C11H13N3O. The quantitative estimate of drug-likeness (QED) is 0.689. The van der Waals surface area contributed by atoms with Gasteiger partial charge in [-0.2, -0.15) is 0 Å². The highest BCUT2D eigenvalue weighted by molar-refractivity contribution is 6.10. The number of hydrogen-bond donors (Lipinski definition) is 2. The lowest BCUT2D eigenvalue weighted by Crippen LogP contribution is -2.21. The van der Waals surface area contributed by atoms with E-state index in [-0.39, 0.29) is 5.91 Å². The van der Waals surface area contributed by atoms with Crippen molar-refractivity contribution < 1.29 is 4.79 Å². The summed E-state index contributed by atoms with van der Waals surface area (Å²) in [5, 5.41) is 0.802. The number of aromatic nitrogens is 1. The van der Waals surface area contributed by atoms with Crippen LogP contribution in [0.3, 0.4) is 0 Å². The second kappa shape index (κ2) is 3.31. The van der Waals surface area contributed by atoms with Gasteiger partial charge in [0.15, 0.2) is 0 Å². The van der Waals surface area contributed by atoms with Crippen molar-refractivity contribution in [2.45, 2.75) is 0 Å². The van der Waals surface area contributed by atoms with Gasteiger partial charge in [-0.15, -0.1) is 0 Å². The number of carbonyl (C=O) groups is 1. The van der Waals surface area contributed by atoms with Crippen molar-refractivity contribution in [1.29, 1.82) is 0 Å². The molecule has 0 bridgehead atoms. The van der Waals surface area contributed by atoms with Gasteiger partial charge >= 0.3 is 0 Å². The monoisotopic (exact) mass is 203 g/mol. The van der Waals surface area contributed by atoms with E-state index in [0.29, 0.717) is 11.3 Å². The van der Waals surface area contributed by atoms with Crippen LogP contribution in [0.15, 0.2) is 24.4 Å². The minimum atomic E-state index is -0.0425. The van der Waals surface area contributed by atoms with Gasteiger partial charge in [0.2, 0.25) is 0 Å². The van der Waals surface area contributed by atoms with Crippen LogP contribution in [0.4, 0.5) is 5.69 Å². The molecule has 1 amide bonds. The van der Waals surface area contributed by atoms with Crippen molar-refractivity contribution >= 4 is 22.5 Å². The molecule has 0 aliphatic heterocycles. The molecular weight excluding hydrogens is 190 g/mol. The summed E-state index contributed by atoms with van der Waals surface area (Å²) in [5.41, 5.74) is 7.98. The fraction of sp³-hybridized carbons (Fsp3) is 0.182. The van der Waals surface area contributed by atoms with Crippen molar-refractivity contribution in [3.63, 3.8) is 0 Å². The first kappa shape index (κ1) is 9.58. The predicted octanol–water partition coefficient (Wildman–Crippen LogP) is 1.45. The zero-order valence-corrected chi connectivity index (χ0v) is 8.74. The number of H-pyrrole nitrogens is 1. The predicted molar refractivity (Wildman–Crippen MR) is 60.7 cm³/mol. The molecule has 4 nitrogen and oxygen atoms in total. The van der Waals surface area contributed by atoms with E-state index in [0.717, 1.165) is 10.9 Å². The van der Waals surface area contributed by atoms with E-state index in [1.165, 1.54) is 4.90 Å². The van der Waals surface area contributed by atoms with Gasteiger partial charge in [-0.05, 0) is 12.1 Å². The number of nitrogens with zero attached hydrogens (tertiary/aromatic N) is 1. The number of amides is 1. The standard InChI is InChI=1S/C11H13N3O/c1-14(2)11(15)7-6-13-9-5-3-4-8(12)10(7)9/h3-6,13H,12H2,1-2H3. The third-order valence-electron chi connectivity index (χ3n) is 2.37. The number of fused-ring (bicyclic) bond motifs is 1. The molecule has 4 heteroatoms. The number of benzene rings is 1. The van der Waals surface area contributed by atoms with Crippen LogP contribution in [0.5, 0.6) is 0 Å². The summed E-state index contributed by atoms with van der Waals surface area (Å²) in [6, 6.07) is 5.55. The number of carbonyl (C=O) groups excluding carboxylic acids is 1. The average molecular weight is 203 g/mol. The molecule has 0 atom stereocenters. The minimum Gasteiger partial charge on any atom is -0.398 e. The number of aromatic amines is 1. The minimum absolute atomic E-state index is 0.0425. The molecule has 0 saturated heterocycles. The van der Waals surface area contributed by atoms with Gasteiger partial charge in [0, 0.05) is 36.9 Å². The van der Waals surface area contributed by atoms with Crippen LogP contribution in [-0.2, 0) is 0 Å². The molecule has 0 saturated carbocycles.